The number of aryl methyl sites for hydroxylation is 1. The Kier molecular flexibility index (Phi) is 6.42. The summed E-state index contributed by atoms with van der Waals surface area (Å²) in [6.45, 7) is 0.707. The van der Waals surface area contributed by atoms with Gasteiger partial charge in [-0.2, -0.15) is 5.10 Å². The van der Waals surface area contributed by atoms with Crippen molar-refractivity contribution in [1.82, 2.24) is 5.43 Å². The van der Waals surface area contributed by atoms with E-state index in [1.54, 1.807) is 11.1 Å². The number of anilines is 2. The first-order chi connectivity index (χ1) is 13.5. The van der Waals surface area contributed by atoms with Gasteiger partial charge in [-0.25, -0.2) is 5.43 Å². The lowest BCUT2D eigenvalue weighted by atomic mass is 10.0. The zero-order valence-electron chi connectivity index (χ0n) is 16.4. The van der Waals surface area contributed by atoms with E-state index in [1.807, 2.05) is 61.5 Å². The zero-order valence-corrected chi connectivity index (χ0v) is 16.4. The minimum absolute atomic E-state index is 0.0226. The summed E-state index contributed by atoms with van der Waals surface area (Å²) >= 11 is 0. The first-order valence-corrected chi connectivity index (χ1v) is 9.52. The van der Waals surface area contributed by atoms with Gasteiger partial charge < -0.3 is 9.80 Å². The molecule has 6 heteroatoms. The summed E-state index contributed by atoms with van der Waals surface area (Å²) in [5, 5.41) is 3.98. The highest BCUT2D eigenvalue weighted by Gasteiger charge is 2.22. The minimum Gasteiger partial charge on any atom is -0.378 e. The third kappa shape index (κ3) is 4.97. The van der Waals surface area contributed by atoms with Crippen molar-refractivity contribution in [2.75, 3.05) is 30.4 Å². The smallest absolute Gasteiger partial charge is 0.240 e. The summed E-state index contributed by atoms with van der Waals surface area (Å²) in [6.07, 6.45) is 3.83. The molecule has 1 aliphatic rings. The van der Waals surface area contributed by atoms with E-state index in [0.29, 0.717) is 6.54 Å². The molecule has 1 N–H and O–H groups in total. The van der Waals surface area contributed by atoms with Gasteiger partial charge in [0.15, 0.2) is 0 Å². The fraction of sp³-hybridized carbons (Fsp3) is 0.318. The van der Waals surface area contributed by atoms with E-state index in [4.69, 9.17) is 0 Å². The number of nitrogens with zero attached hydrogens (tertiary/aromatic N) is 3. The molecule has 1 aliphatic heterocycles. The second kappa shape index (κ2) is 9.17. The molecule has 0 fully saturated rings. The summed E-state index contributed by atoms with van der Waals surface area (Å²) in [5.74, 6) is -0.287. The van der Waals surface area contributed by atoms with Gasteiger partial charge in [-0.15, -0.1) is 0 Å². The van der Waals surface area contributed by atoms with Crippen molar-refractivity contribution < 1.29 is 9.59 Å². The first-order valence-electron chi connectivity index (χ1n) is 9.52. The highest BCUT2D eigenvalue weighted by molar-refractivity contribution is 5.96. The maximum atomic E-state index is 12.6. The molecule has 0 unspecified atom stereocenters. The fourth-order valence-electron chi connectivity index (χ4n) is 3.24. The highest BCUT2D eigenvalue weighted by Crippen LogP contribution is 2.27. The van der Waals surface area contributed by atoms with Crippen LogP contribution in [0.4, 0.5) is 11.4 Å². The van der Waals surface area contributed by atoms with Crippen LogP contribution in [-0.4, -0.2) is 38.7 Å². The number of hydrazone groups is 1. The van der Waals surface area contributed by atoms with Gasteiger partial charge in [-0.3, -0.25) is 9.59 Å². The number of hydrogen-bond acceptors (Lipinski definition) is 4. The Balaban J connectivity index is 1.47. The van der Waals surface area contributed by atoms with Crippen LogP contribution in [0.3, 0.4) is 0 Å². The van der Waals surface area contributed by atoms with E-state index < -0.39 is 0 Å². The lowest BCUT2D eigenvalue weighted by Crippen LogP contribution is -2.36. The second-order valence-corrected chi connectivity index (χ2v) is 7.06. The second-order valence-electron chi connectivity index (χ2n) is 7.06. The molecule has 28 heavy (non-hydrogen) atoms. The van der Waals surface area contributed by atoms with E-state index in [-0.39, 0.29) is 24.7 Å². The third-order valence-electron chi connectivity index (χ3n) is 4.79. The quantitative estimate of drug-likeness (QED) is 0.621. The van der Waals surface area contributed by atoms with Gasteiger partial charge in [-0.1, -0.05) is 30.3 Å². The molecule has 0 saturated heterocycles. The van der Waals surface area contributed by atoms with Crippen LogP contribution in [0.1, 0.15) is 30.4 Å². The number of amides is 2. The summed E-state index contributed by atoms with van der Waals surface area (Å²) < 4.78 is 0. The fourth-order valence-corrected chi connectivity index (χ4v) is 3.24. The van der Waals surface area contributed by atoms with Crippen LogP contribution >= 0.6 is 0 Å². The van der Waals surface area contributed by atoms with E-state index in [9.17, 15) is 9.59 Å². The van der Waals surface area contributed by atoms with E-state index >= 15 is 0 Å². The Morgan fingerprint density at radius 2 is 1.86 bits per heavy atom. The van der Waals surface area contributed by atoms with Gasteiger partial charge in [0.2, 0.25) is 11.8 Å². The largest absolute Gasteiger partial charge is 0.378 e. The van der Waals surface area contributed by atoms with Gasteiger partial charge in [0.1, 0.15) is 0 Å². The van der Waals surface area contributed by atoms with Crippen LogP contribution in [0.15, 0.2) is 53.6 Å². The van der Waals surface area contributed by atoms with Crippen LogP contribution in [0.25, 0.3) is 0 Å². The number of nitrogens with one attached hydrogen (secondary N) is 1. The average molecular weight is 378 g/mol. The Hall–Kier alpha value is -3.15. The van der Waals surface area contributed by atoms with Crippen LogP contribution < -0.4 is 15.2 Å². The molecule has 0 aromatic heterocycles. The molecule has 2 aromatic rings. The van der Waals surface area contributed by atoms with Crippen molar-refractivity contribution in [2.24, 2.45) is 5.10 Å². The normalized spacial score (nSPS) is 13.3. The monoisotopic (exact) mass is 378 g/mol. The van der Waals surface area contributed by atoms with Gasteiger partial charge in [0.25, 0.3) is 0 Å². The molecule has 0 saturated carbocycles. The highest BCUT2D eigenvalue weighted by atomic mass is 16.2. The van der Waals surface area contributed by atoms with Crippen LogP contribution in [-0.2, 0) is 16.0 Å². The molecule has 146 valence electrons. The summed E-state index contributed by atoms with van der Waals surface area (Å²) in [6, 6.07) is 15.8. The summed E-state index contributed by atoms with van der Waals surface area (Å²) in [7, 11) is 3.96. The Morgan fingerprint density at radius 1 is 1.11 bits per heavy atom. The molecule has 6 nitrogen and oxygen atoms in total. The Bertz CT molecular complexity index is 859. The van der Waals surface area contributed by atoms with E-state index in [0.717, 1.165) is 29.8 Å². The molecule has 2 amide bonds. The lowest BCUT2D eigenvalue weighted by Gasteiger charge is -2.29. The van der Waals surface area contributed by atoms with Gasteiger partial charge in [0, 0.05) is 44.9 Å². The Morgan fingerprint density at radius 3 is 2.61 bits per heavy atom. The SMILES string of the molecule is CN(C)c1ccc(C=NNC(=O)CCC(=O)N2CCCc3ccccc32)cc1. The first kappa shape index (κ1) is 19.6. The van der Waals surface area contributed by atoms with Crippen LogP contribution in [0, 0.1) is 0 Å². The van der Waals surface area contributed by atoms with Crippen molar-refractivity contribution in [2.45, 2.75) is 25.7 Å². The molecule has 0 spiro atoms. The lowest BCUT2D eigenvalue weighted by molar-refractivity contribution is -0.125. The third-order valence-corrected chi connectivity index (χ3v) is 4.79. The van der Waals surface area contributed by atoms with E-state index in [2.05, 4.69) is 16.6 Å². The molecule has 2 aromatic carbocycles. The van der Waals surface area contributed by atoms with Crippen molar-refractivity contribution in [3.63, 3.8) is 0 Å². The molecule has 3 rings (SSSR count). The number of hydrogen-bond donors (Lipinski definition) is 1. The van der Waals surface area contributed by atoms with Crippen molar-refractivity contribution in [3.05, 3.63) is 59.7 Å². The molecule has 0 atom stereocenters. The van der Waals surface area contributed by atoms with E-state index in [1.165, 1.54) is 5.56 Å². The van der Waals surface area contributed by atoms with Crippen LogP contribution in [0.2, 0.25) is 0 Å². The molecular weight excluding hydrogens is 352 g/mol. The van der Waals surface area contributed by atoms with Gasteiger partial charge >= 0.3 is 0 Å². The summed E-state index contributed by atoms with van der Waals surface area (Å²) in [5.41, 5.74) is 6.65. The van der Waals surface area contributed by atoms with Gasteiger partial charge in [0.05, 0.1) is 6.21 Å². The molecule has 0 aliphatic carbocycles. The average Bonchev–Trinajstić information content (AvgIpc) is 2.72. The molecule has 0 bridgehead atoms. The number of fused-ring (bicyclic) bond motifs is 1. The number of rotatable bonds is 6. The number of benzene rings is 2. The van der Waals surface area contributed by atoms with Crippen molar-refractivity contribution >= 4 is 29.4 Å². The zero-order chi connectivity index (χ0) is 19.9. The molecule has 0 radical (unpaired) electrons. The minimum atomic E-state index is -0.264. The predicted molar refractivity (Wildman–Crippen MR) is 113 cm³/mol. The number of para-hydroxylation sites is 1. The predicted octanol–water partition coefficient (Wildman–Crippen LogP) is 2.96. The molecular formula is C22H26N4O2. The van der Waals surface area contributed by atoms with Crippen molar-refractivity contribution in [3.8, 4) is 0 Å². The maximum absolute atomic E-state index is 12.6. The van der Waals surface area contributed by atoms with Crippen molar-refractivity contribution in [1.29, 1.82) is 0 Å². The number of carbonyl (C=O) groups excluding carboxylic acids is 2. The Labute approximate surface area is 165 Å². The topological polar surface area (TPSA) is 65.0 Å². The standard InChI is InChI=1S/C22H26N4O2/c1-25(2)19-11-9-17(10-12-19)16-23-24-21(27)13-14-22(28)26-15-5-7-18-6-3-4-8-20(18)26/h3-4,6,8-12,16H,5,7,13-15H2,1-2H3,(H,24,27). The number of carbonyl (C=O) groups is 2. The van der Waals surface area contributed by atoms with Gasteiger partial charge in [-0.05, 0) is 42.2 Å². The molecule has 1 heterocycles. The van der Waals surface area contributed by atoms with Crippen LogP contribution in [0.5, 0.6) is 0 Å². The summed E-state index contributed by atoms with van der Waals surface area (Å²) in [4.78, 5) is 28.4. The maximum Gasteiger partial charge on any atom is 0.240 e.